The number of hydrogen-bond donors (Lipinski definition) is 2. The molecule has 2 aromatic heterocycles. The van der Waals surface area contributed by atoms with Crippen molar-refractivity contribution >= 4 is 16.8 Å². The summed E-state index contributed by atoms with van der Waals surface area (Å²) in [6.07, 6.45) is 0.805. The van der Waals surface area contributed by atoms with Crippen LogP contribution in [0.5, 0.6) is 0 Å². The van der Waals surface area contributed by atoms with Gasteiger partial charge in [0.1, 0.15) is 11.5 Å². The molecule has 1 amide bonds. The van der Waals surface area contributed by atoms with Crippen molar-refractivity contribution in [3.63, 3.8) is 0 Å². The third kappa shape index (κ3) is 2.36. The Balaban J connectivity index is 1.59. The number of aromatic nitrogens is 5. The molecule has 3 aromatic rings. The molecule has 0 aliphatic carbocycles. The molecule has 118 valence electrons. The number of tetrazole rings is 1. The quantitative estimate of drug-likeness (QED) is 0.754. The number of carbonyl (C=O) groups is 1. The van der Waals surface area contributed by atoms with Crippen LogP contribution in [0.2, 0.25) is 0 Å². The molecule has 23 heavy (non-hydrogen) atoms. The topological polar surface area (TPSA) is 90.6 Å². The number of H-pyrrole nitrogens is 2. The first-order valence-electron chi connectivity index (χ1n) is 7.43. The lowest BCUT2D eigenvalue weighted by atomic mass is 10.1. The minimum absolute atomic E-state index is 0.0907. The molecule has 1 fully saturated rings. The largest absolute Gasteiger partial charge is 0.350 e. The minimum Gasteiger partial charge on any atom is -0.350 e. The van der Waals surface area contributed by atoms with Crippen LogP contribution in [0.25, 0.3) is 10.9 Å². The van der Waals surface area contributed by atoms with Crippen molar-refractivity contribution in [3.8, 4) is 0 Å². The summed E-state index contributed by atoms with van der Waals surface area (Å²) in [4.78, 5) is 17.4. The van der Waals surface area contributed by atoms with Gasteiger partial charge in [-0.15, -0.1) is 10.2 Å². The maximum Gasteiger partial charge on any atom is 0.270 e. The van der Waals surface area contributed by atoms with Crippen molar-refractivity contribution in [1.82, 2.24) is 30.5 Å². The molecule has 2 N–H and O–H groups in total. The van der Waals surface area contributed by atoms with E-state index in [0.29, 0.717) is 30.1 Å². The highest BCUT2D eigenvalue weighted by molar-refractivity contribution is 5.99. The summed E-state index contributed by atoms with van der Waals surface area (Å²) in [5, 5.41) is 14.8. The van der Waals surface area contributed by atoms with Crippen molar-refractivity contribution < 1.29 is 9.18 Å². The smallest absolute Gasteiger partial charge is 0.270 e. The van der Waals surface area contributed by atoms with Crippen LogP contribution < -0.4 is 0 Å². The van der Waals surface area contributed by atoms with Gasteiger partial charge < -0.3 is 9.88 Å². The molecular formula is C15H15FN6O. The molecule has 8 heteroatoms. The van der Waals surface area contributed by atoms with Gasteiger partial charge in [0.2, 0.25) is 0 Å². The Kier molecular flexibility index (Phi) is 3.10. The standard InChI is InChI=1S/C15H15FN6O/c1-8-4-10(16)5-12-11(8)6-13(17-12)15(23)22-3-2-9(7-22)14-18-20-21-19-14/h4-6,9,17H,2-3,7H2,1H3,(H,18,19,20,21). The van der Waals surface area contributed by atoms with E-state index in [9.17, 15) is 9.18 Å². The van der Waals surface area contributed by atoms with E-state index in [1.807, 2.05) is 6.92 Å². The molecule has 1 atom stereocenters. The number of nitrogens with one attached hydrogen (secondary N) is 2. The average molecular weight is 314 g/mol. The predicted octanol–water partition coefficient (Wildman–Crippen LogP) is 1.76. The van der Waals surface area contributed by atoms with E-state index < -0.39 is 0 Å². The van der Waals surface area contributed by atoms with Gasteiger partial charge in [-0.3, -0.25) is 4.79 Å². The van der Waals surface area contributed by atoms with E-state index in [4.69, 9.17) is 0 Å². The summed E-state index contributed by atoms with van der Waals surface area (Å²) in [5.74, 6) is 0.331. The molecule has 0 spiro atoms. The van der Waals surface area contributed by atoms with E-state index in [2.05, 4.69) is 25.6 Å². The van der Waals surface area contributed by atoms with Crippen molar-refractivity contribution in [2.45, 2.75) is 19.3 Å². The first-order chi connectivity index (χ1) is 11.1. The van der Waals surface area contributed by atoms with Gasteiger partial charge in [0.25, 0.3) is 5.91 Å². The van der Waals surface area contributed by atoms with Crippen molar-refractivity contribution in [2.75, 3.05) is 13.1 Å². The molecule has 3 heterocycles. The van der Waals surface area contributed by atoms with Gasteiger partial charge in [-0.25, -0.2) is 4.39 Å². The highest BCUT2D eigenvalue weighted by Gasteiger charge is 2.31. The molecule has 1 aliphatic rings. The fourth-order valence-corrected chi connectivity index (χ4v) is 3.16. The fourth-order valence-electron chi connectivity index (χ4n) is 3.16. The Bertz CT molecular complexity index is 872. The Hall–Kier alpha value is -2.77. The maximum absolute atomic E-state index is 13.5. The van der Waals surface area contributed by atoms with Gasteiger partial charge in [0.15, 0.2) is 5.82 Å². The summed E-state index contributed by atoms with van der Waals surface area (Å²) >= 11 is 0. The molecular weight excluding hydrogens is 299 g/mol. The average Bonchev–Trinajstić information content (AvgIpc) is 3.25. The Morgan fingerprint density at radius 3 is 3.04 bits per heavy atom. The molecule has 1 aromatic carbocycles. The highest BCUT2D eigenvalue weighted by Crippen LogP contribution is 2.27. The summed E-state index contributed by atoms with van der Waals surface area (Å²) in [5.41, 5.74) is 1.92. The predicted molar refractivity (Wildman–Crippen MR) is 80.4 cm³/mol. The lowest BCUT2D eigenvalue weighted by molar-refractivity contribution is 0.0785. The van der Waals surface area contributed by atoms with E-state index in [0.717, 1.165) is 17.4 Å². The summed E-state index contributed by atoms with van der Waals surface area (Å²) in [6, 6.07) is 4.66. The summed E-state index contributed by atoms with van der Waals surface area (Å²) < 4.78 is 13.5. The van der Waals surface area contributed by atoms with Crippen LogP contribution in [0.1, 0.15) is 34.2 Å². The lowest BCUT2D eigenvalue weighted by Crippen LogP contribution is -2.28. The number of carbonyl (C=O) groups excluding carboxylic acids is 1. The van der Waals surface area contributed by atoms with Gasteiger partial charge in [-0.2, -0.15) is 5.21 Å². The van der Waals surface area contributed by atoms with Gasteiger partial charge >= 0.3 is 0 Å². The molecule has 4 rings (SSSR count). The number of benzene rings is 1. The monoisotopic (exact) mass is 314 g/mol. The number of aromatic amines is 2. The number of fused-ring (bicyclic) bond motifs is 1. The van der Waals surface area contributed by atoms with Gasteiger partial charge in [-0.1, -0.05) is 5.21 Å². The minimum atomic E-state index is -0.311. The normalized spacial score (nSPS) is 18.0. The molecule has 0 radical (unpaired) electrons. The first-order valence-corrected chi connectivity index (χ1v) is 7.43. The molecule has 1 saturated heterocycles. The number of likely N-dealkylation sites (tertiary alicyclic amines) is 1. The Morgan fingerprint density at radius 2 is 2.26 bits per heavy atom. The lowest BCUT2D eigenvalue weighted by Gasteiger charge is -2.14. The molecule has 1 aliphatic heterocycles. The van der Waals surface area contributed by atoms with Crippen LogP contribution in [0.15, 0.2) is 18.2 Å². The second-order valence-electron chi connectivity index (χ2n) is 5.87. The Morgan fingerprint density at radius 1 is 1.39 bits per heavy atom. The number of hydrogen-bond acceptors (Lipinski definition) is 4. The van der Waals surface area contributed by atoms with Crippen LogP contribution in [0.3, 0.4) is 0 Å². The molecule has 7 nitrogen and oxygen atoms in total. The van der Waals surface area contributed by atoms with Crippen molar-refractivity contribution in [1.29, 1.82) is 0 Å². The first kappa shape index (κ1) is 13.9. The Labute approximate surface area is 130 Å². The van der Waals surface area contributed by atoms with E-state index >= 15 is 0 Å². The fraction of sp³-hybridized carbons (Fsp3) is 0.333. The number of nitrogens with zero attached hydrogens (tertiary/aromatic N) is 4. The summed E-state index contributed by atoms with van der Waals surface area (Å²) in [6.45, 7) is 3.03. The van der Waals surface area contributed by atoms with Crippen molar-refractivity contribution in [3.05, 3.63) is 41.1 Å². The number of amides is 1. The van der Waals surface area contributed by atoms with E-state index in [-0.39, 0.29) is 17.6 Å². The second-order valence-corrected chi connectivity index (χ2v) is 5.87. The van der Waals surface area contributed by atoms with Crippen LogP contribution in [-0.4, -0.2) is 49.5 Å². The zero-order valence-corrected chi connectivity index (χ0v) is 12.5. The highest BCUT2D eigenvalue weighted by atomic mass is 19.1. The maximum atomic E-state index is 13.5. The van der Waals surface area contributed by atoms with Gasteiger partial charge in [-0.05, 0) is 37.1 Å². The van der Waals surface area contributed by atoms with Crippen molar-refractivity contribution in [2.24, 2.45) is 0 Å². The third-order valence-electron chi connectivity index (χ3n) is 4.34. The van der Waals surface area contributed by atoms with E-state index in [1.54, 1.807) is 11.0 Å². The van der Waals surface area contributed by atoms with Crippen LogP contribution in [0, 0.1) is 12.7 Å². The van der Waals surface area contributed by atoms with Crippen LogP contribution in [-0.2, 0) is 0 Å². The molecule has 0 bridgehead atoms. The SMILES string of the molecule is Cc1cc(F)cc2[nH]c(C(=O)N3CCC(c4nn[nH]n4)C3)cc12. The zero-order valence-electron chi connectivity index (χ0n) is 12.5. The van der Waals surface area contributed by atoms with E-state index in [1.165, 1.54) is 12.1 Å². The third-order valence-corrected chi connectivity index (χ3v) is 4.34. The van der Waals surface area contributed by atoms with Gasteiger partial charge in [0, 0.05) is 29.9 Å². The number of aryl methyl sites for hydroxylation is 1. The number of halogens is 1. The van der Waals surface area contributed by atoms with Crippen LogP contribution >= 0.6 is 0 Å². The number of rotatable bonds is 2. The van der Waals surface area contributed by atoms with Gasteiger partial charge in [0.05, 0.1) is 0 Å². The second kappa shape index (κ2) is 5.15. The molecule has 1 unspecified atom stereocenters. The zero-order chi connectivity index (χ0) is 16.0. The van der Waals surface area contributed by atoms with Crippen LogP contribution in [0.4, 0.5) is 4.39 Å². The summed E-state index contributed by atoms with van der Waals surface area (Å²) in [7, 11) is 0. The molecule has 0 saturated carbocycles.